The lowest BCUT2D eigenvalue weighted by Crippen LogP contribution is -2.25. The van der Waals surface area contributed by atoms with Gasteiger partial charge in [-0.05, 0) is 36.8 Å². The van der Waals surface area contributed by atoms with Gasteiger partial charge >= 0.3 is 0 Å². The average Bonchev–Trinajstić information content (AvgIpc) is 2.56. The van der Waals surface area contributed by atoms with Crippen molar-refractivity contribution in [2.75, 3.05) is 6.54 Å². The maximum absolute atomic E-state index is 3.46. The summed E-state index contributed by atoms with van der Waals surface area (Å²) in [6, 6.07) is 4.99. The average molecular weight is 211 g/mol. The first-order valence-corrected chi connectivity index (χ1v) is 6.32. The third-order valence-corrected chi connectivity index (χ3v) is 3.22. The Labute approximate surface area is 91.5 Å². The third-order valence-electron chi connectivity index (χ3n) is 2.32. The van der Waals surface area contributed by atoms with E-state index in [0.29, 0.717) is 6.04 Å². The number of thiophene rings is 1. The van der Waals surface area contributed by atoms with Gasteiger partial charge < -0.3 is 5.32 Å². The van der Waals surface area contributed by atoms with Crippen LogP contribution in [0.4, 0.5) is 0 Å². The molecule has 0 aliphatic carbocycles. The molecule has 1 unspecified atom stereocenters. The summed E-state index contributed by atoms with van der Waals surface area (Å²) in [7, 11) is 0. The Morgan fingerprint density at radius 1 is 1.36 bits per heavy atom. The van der Waals surface area contributed by atoms with Crippen LogP contribution < -0.4 is 5.32 Å². The molecule has 14 heavy (non-hydrogen) atoms. The Balaban J connectivity index is 2.13. The highest BCUT2D eigenvalue weighted by molar-refractivity contribution is 7.09. The van der Waals surface area contributed by atoms with Crippen LogP contribution in [0, 0.1) is 5.92 Å². The van der Waals surface area contributed by atoms with Crippen LogP contribution in [-0.4, -0.2) is 12.6 Å². The molecule has 1 aromatic rings. The minimum Gasteiger partial charge on any atom is -0.315 e. The summed E-state index contributed by atoms with van der Waals surface area (Å²) in [6.45, 7) is 7.87. The molecule has 0 radical (unpaired) electrons. The fourth-order valence-electron chi connectivity index (χ4n) is 1.49. The number of rotatable bonds is 6. The van der Waals surface area contributed by atoms with E-state index >= 15 is 0 Å². The van der Waals surface area contributed by atoms with E-state index in [9.17, 15) is 0 Å². The van der Waals surface area contributed by atoms with Gasteiger partial charge in [-0.25, -0.2) is 0 Å². The van der Waals surface area contributed by atoms with Crippen molar-refractivity contribution in [2.24, 2.45) is 5.92 Å². The maximum Gasteiger partial charge on any atom is 0.00478 e. The first kappa shape index (κ1) is 11.7. The fraction of sp³-hybridized carbons (Fsp3) is 0.667. The maximum atomic E-state index is 3.46. The molecule has 80 valence electrons. The van der Waals surface area contributed by atoms with Gasteiger partial charge in [0.15, 0.2) is 0 Å². The predicted molar refractivity (Wildman–Crippen MR) is 64.9 cm³/mol. The van der Waals surface area contributed by atoms with Crippen molar-refractivity contribution in [3.63, 3.8) is 0 Å². The first-order chi connectivity index (χ1) is 6.68. The third kappa shape index (κ3) is 4.77. The second-order valence-electron chi connectivity index (χ2n) is 4.29. The van der Waals surface area contributed by atoms with Gasteiger partial charge in [-0.1, -0.05) is 26.8 Å². The molecule has 1 N–H and O–H groups in total. The molecule has 1 heterocycles. The molecular formula is C12H21NS. The second kappa shape index (κ2) is 6.20. The molecule has 1 rings (SSSR count). The summed E-state index contributed by atoms with van der Waals surface area (Å²) in [5, 5.41) is 5.62. The minimum atomic E-state index is 0.615. The quantitative estimate of drug-likeness (QED) is 0.761. The van der Waals surface area contributed by atoms with Crippen LogP contribution in [0.1, 0.15) is 32.1 Å². The van der Waals surface area contributed by atoms with Crippen molar-refractivity contribution in [1.29, 1.82) is 0 Å². The molecule has 0 aromatic carbocycles. The summed E-state index contributed by atoms with van der Waals surface area (Å²) in [4.78, 5) is 1.52. The van der Waals surface area contributed by atoms with Crippen molar-refractivity contribution in [3.05, 3.63) is 22.4 Å². The lowest BCUT2D eigenvalue weighted by Gasteiger charge is -2.12. The molecule has 0 fully saturated rings. The smallest absolute Gasteiger partial charge is 0.00478 e. The van der Waals surface area contributed by atoms with E-state index < -0.39 is 0 Å². The number of nitrogens with one attached hydrogen (secondary N) is 1. The zero-order valence-corrected chi connectivity index (χ0v) is 10.2. The zero-order chi connectivity index (χ0) is 10.4. The highest BCUT2D eigenvalue weighted by Crippen LogP contribution is 2.15. The Morgan fingerprint density at radius 2 is 2.14 bits per heavy atom. The molecule has 1 nitrogen and oxygen atoms in total. The molecule has 0 saturated heterocycles. The van der Waals surface area contributed by atoms with Crippen LogP contribution in [0.2, 0.25) is 0 Å². The normalized spacial score (nSPS) is 13.4. The number of hydrogen-bond donors (Lipinski definition) is 1. The summed E-state index contributed by atoms with van der Waals surface area (Å²) in [5.74, 6) is 0.792. The molecule has 0 aliphatic heterocycles. The Bertz CT molecular complexity index is 228. The van der Waals surface area contributed by atoms with Crippen LogP contribution in [0.25, 0.3) is 0 Å². The summed E-state index contributed by atoms with van der Waals surface area (Å²) in [6.07, 6.45) is 2.51. The molecule has 0 bridgehead atoms. The highest BCUT2D eigenvalue weighted by atomic mass is 32.1. The van der Waals surface area contributed by atoms with Crippen LogP contribution >= 0.6 is 11.3 Å². The second-order valence-corrected chi connectivity index (χ2v) is 5.32. The van der Waals surface area contributed by atoms with E-state index in [4.69, 9.17) is 0 Å². The zero-order valence-electron chi connectivity index (χ0n) is 9.42. The van der Waals surface area contributed by atoms with Crippen LogP contribution in [0.3, 0.4) is 0 Å². The van der Waals surface area contributed by atoms with Crippen molar-refractivity contribution < 1.29 is 0 Å². The van der Waals surface area contributed by atoms with Gasteiger partial charge in [0.1, 0.15) is 0 Å². The van der Waals surface area contributed by atoms with Gasteiger partial charge in [0.2, 0.25) is 0 Å². The lowest BCUT2D eigenvalue weighted by atomic mass is 10.0. The molecule has 0 aliphatic rings. The topological polar surface area (TPSA) is 12.0 Å². The number of hydrogen-bond acceptors (Lipinski definition) is 2. The van der Waals surface area contributed by atoms with Crippen molar-refractivity contribution >= 4 is 11.3 Å². The summed E-state index contributed by atoms with van der Waals surface area (Å²) >= 11 is 1.87. The minimum absolute atomic E-state index is 0.615. The van der Waals surface area contributed by atoms with Gasteiger partial charge in [-0.15, -0.1) is 11.3 Å². The van der Waals surface area contributed by atoms with E-state index in [1.807, 2.05) is 11.3 Å². The Morgan fingerprint density at radius 3 is 2.71 bits per heavy atom. The molecule has 0 spiro atoms. The van der Waals surface area contributed by atoms with E-state index in [2.05, 4.69) is 43.6 Å². The Hall–Kier alpha value is -0.340. The predicted octanol–water partition coefficient (Wildman–Crippen LogP) is 3.31. The van der Waals surface area contributed by atoms with Gasteiger partial charge in [0.05, 0.1) is 0 Å². The van der Waals surface area contributed by atoms with E-state index in [1.165, 1.54) is 17.7 Å². The first-order valence-electron chi connectivity index (χ1n) is 5.44. The van der Waals surface area contributed by atoms with E-state index in [1.54, 1.807) is 0 Å². The summed E-state index contributed by atoms with van der Waals surface area (Å²) in [5.41, 5.74) is 0. The van der Waals surface area contributed by atoms with E-state index in [0.717, 1.165) is 12.5 Å². The van der Waals surface area contributed by atoms with Crippen molar-refractivity contribution in [3.8, 4) is 0 Å². The largest absolute Gasteiger partial charge is 0.315 e. The monoisotopic (exact) mass is 211 g/mol. The van der Waals surface area contributed by atoms with Crippen molar-refractivity contribution in [1.82, 2.24) is 5.32 Å². The van der Waals surface area contributed by atoms with E-state index in [-0.39, 0.29) is 0 Å². The van der Waals surface area contributed by atoms with Gasteiger partial charge in [0, 0.05) is 10.9 Å². The molecule has 0 saturated carbocycles. The van der Waals surface area contributed by atoms with Crippen molar-refractivity contribution in [2.45, 2.75) is 39.7 Å². The molecule has 2 heteroatoms. The van der Waals surface area contributed by atoms with Crippen LogP contribution in [0.5, 0.6) is 0 Å². The van der Waals surface area contributed by atoms with Crippen LogP contribution in [0.15, 0.2) is 17.5 Å². The lowest BCUT2D eigenvalue weighted by molar-refractivity contribution is 0.478. The van der Waals surface area contributed by atoms with Gasteiger partial charge in [0.25, 0.3) is 0 Å². The molecular weight excluding hydrogens is 190 g/mol. The molecule has 1 aromatic heterocycles. The van der Waals surface area contributed by atoms with Crippen LogP contribution in [-0.2, 0) is 6.42 Å². The molecule has 0 amide bonds. The fourth-order valence-corrected chi connectivity index (χ4v) is 2.36. The standard InChI is InChI=1S/C12H21NS/c1-10(2)13-7-6-11(3)9-12-5-4-8-14-12/h4-5,8,10-11,13H,6-7,9H2,1-3H3. The highest BCUT2D eigenvalue weighted by Gasteiger charge is 2.04. The van der Waals surface area contributed by atoms with Gasteiger partial charge in [-0.3, -0.25) is 0 Å². The molecule has 1 atom stereocenters. The Kier molecular flexibility index (Phi) is 5.20. The van der Waals surface area contributed by atoms with Gasteiger partial charge in [-0.2, -0.15) is 0 Å². The summed E-state index contributed by atoms with van der Waals surface area (Å²) < 4.78 is 0. The SMILES string of the molecule is CC(CCNC(C)C)Cc1cccs1.